The average Bonchev–Trinajstić information content (AvgIpc) is 2.85. The molecule has 0 aromatic heterocycles. The molecule has 0 N–H and O–H groups in total. The molecule has 1 aliphatic heterocycles. The highest BCUT2D eigenvalue weighted by Gasteiger charge is 2.43. The Labute approximate surface area is 154 Å². The molecule has 0 amide bonds. The number of allylic oxidation sites excluding steroid dienone is 1. The van der Waals surface area contributed by atoms with Crippen molar-refractivity contribution < 1.29 is 18.8 Å². The molecule has 0 spiro atoms. The maximum atomic E-state index is 11.9. The Morgan fingerprint density at radius 3 is 2.35 bits per heavy atom. The number of methoxy groups -OCH3 is 2. The van der Waals surface area contributed by atoms with Gasteiger partial charge in [-0.15, -0.1) is 0 Å². The third-order valence-electron chi connectivity index (χ3n) is 5.00. The molecule has 0 saturated heterocycles. The SMILES string of the molecule is COC(=O)c1ccc2c(c1)[N+](C)=C(/C=C/c1ccc(OC)cc1)C2(C)C. The van der Waals surface area contributed by atoms with Gasteiger partial charge in [0.1, 0.15) is 12.8 Å². The Kier molecular flexibility index (Phi) is 4.68. The smallest absolute Gasteiger partial charge is 0.338 e. The van der Waals surface area contributed by atoms with Crippen molar-refractivity contribution in [2.45, 2.75) is 19.3 Å². The lowest BCUT2D eigenvalue weighted by Gasteiger charge is -2.15. The predicted octanol–water partition coefficient (Wildman–Crippen LogP) is 4.20. The van der Waals surface area contributed by atoms with Crippen LogP contribution in [0.15, 0.2) is 48.5 Å². The first-order valence-corrected chi connectivity index (χ1v) is 8.54. The summed E-state index contributed by atoms with van der Waals surface area (Å²) in [4.78, 5) is 11.9. The van der Waals surface area contributed by atoms with Gasteiger partial charge in [-0.2, -0.15) is 4.58 Å². The molecule has 4 heteroatoms. The molecular formula is C22H24NO3+. The molecule has 2 aromatic carbocycles. The molecule has 1 aliphatic rings. The van der Waals surface area contributed by atoms with Gasteiger partial charge in [-0.05, 0) is 43.7 Å². The van der Waals surface area contributed by atoms with Gasteiger partial charge in [0.15, 0.2) is 5.71 Å². The van der Waals surface area contributed by atoms with E-state index < -0.39 is 0 Å². The Balaban J connectivity index is 1.98. The van der Waals surface area contributed by atoms with E-state index >= 15 is 0 Å². The van der Waals surface area contributed by atoms with Gasteiger partial charge in [0.25, 0.3) is 0 Å². The van der Waals surface area contributed by atoms with Gasteiger partial charge in [-0.25, -0.2) is 4.79 Å². The summed E-state index contributed by atoms with van der Waals surface area (Å²) in [5.74, 6) is 0.525. The number of carbonyl (C=O) groups excluding carboxylic acids is 1. The standard InChI is InChI=1S/C22H24NO3/c1-22(2)18-12-9-16(21(24)26-5)14-19(18)23(3)20(22)13-8-15-6-10-17(25-4)11-7-15/h6-14H,1-5H3/q+1/b13-8+. The molecule has 4 nitrogen and oxygen atoms in total. The van der Waals surface area contributed by atoms with E-state index in [-0.39, 0.29) is 11.4 Å². The van der Waals surface area contributed by atoms with Gasteiger partial charge < -0.3 is 9.47 Å². The van der Waals surface area contributed by atoms with E-state index in [1.807, 2.05) is 49.5 Å². The number of hydrogen-bond donors (Lipinski definition) is 0. The molecule has 134 valence electrons. The van der Waals surface area contributed by atoms with Crippen molar-refractivity contribution in [3.05, 3.63) is 65.2 Å². The van der Waals surface area contributed by atoms with Crippen LogP contribution in [-0.4, -0.2) is 37.5 Å². The molecule has 26 heavy (non-hydrogen) atoms. The third kappa shape index (κ3) is 3.03. The molecule has 0 radical (unpaired) electrons. The Bertz CT molecular complexity index is 905. The first-order chi connectivity index (χ1) is 12.4. The topological polar surface area (TPSA) is 38.5 Å². The van der Waals surface area contributed by atoms with Crippen LogP contribution in [-0.2, 0) is 10.2 Å². The van der Waals surface area contributed by atoms with E-state index in [1.54, 1.807) is 7.11 Å². The van der Waals surface area contributed by atoms with E-state index in [0.717, 1.165) is 17.0 Å². The molecule has 0 atom stereocenters. The maximum absolute atomic E-state index is 11.9. The number of fused-ring (bicyclic) bond motifs is 1. The minimum atomic E-state index is -0.318. The van der Waals surface area contributed by atoms with E-state index in [9.17, 15) is 4.79 Å². The normalized spacial score (nSPS) is 15.3. The van der Waals surface area contributed by atoms with Crippen molar-refractivity contribution in [3.8, 4) is 5.75 Å². The van der Waals surface area contributed by atoms with Gasteiger partial charge >= 0.3 is 5.97 Å². The third-order valence-corrected chi connectivity index (χ3v) is 5.00. The minimum absolute atomic E-state index is 0.151. The number of nitrogens with zero attached hydrogens (tertiary/aromatic N) is 1. The van der Waals surface area contributed by atoms with Crippen LogP contribution >= 0.6 is 0 Å². The number of ether oxygens (including phenoxy) is 2. The van der Waals surface area contributed by atoms with Crippen LogP contribution in [0.4, 0.5) is 5.69 Å². The van der Waals surface area contributed by atoms with Gasteiger partial charge in [0, 0.05) is 17.7 Å². The molecule has 1 heterocycles. The van der Waals surface area contributed by atoms with Crippen LogP contribution in [0, 0.1) is 0 Å². The van der Waals surface area contributed by atoms with Crippen LogP contribution in [0.3, 0.4) is 0 Å². The van der Waals surface area contributed by atoms with E-state index in [4.69, 9.17) is 9.47 Å². The van der Waals surface area contributed by atoms with Crippen LogP contribution in [0.2, 0.25) is 0 Å². The van der Waals surface area contributed by atoms with Gasteiger partial charge in [0.2, 0.25) is 5.69 Å². The fourth-order valence-electron chi connectivity index (χ4n) is 3.48. The van der Waals surface area contributed by atoms with Gasteiger partial charge in [-0.3, -0.25) is 0 Å². The van der Waals surface area contributed by atoms with Crippen LogP contribution in [0.25, 0.3) is 6.08 Å². The molecule has 0 bridgehead atoms. The summed E-state index contributed by atoms with van der Waals surface area (Å²) in [6.07, 6.45) is 4.24. The molecule has 0 unspecified atom stereocenters. The molecule has 0 fully saturated rings. The monoisotopic (exact) mass is 350 g/mol. The van der Waals surface area contributed by atoms with Crippen molar-refractivity contribution in [3.63, 3.8) is 0 Å². The lowest BCUT2D eigenvalue weighted by molar-refractivity contribution is -0.401. The van der Waals surface area contributed by atoms with Crippen molar-refractivity contribution in [2.24, 2.45) is 0 Å². The van der Waals surface area contributed by atoms with Gasteiger partial charge in [0.05, 0.1) is 25.2 Å². The van der Waals surface area contributed by atoms with Crippen molar-refractivity contribution in [2.75, 3.05) is 21.3 Å². The Morgan fingerprint density at radius 1 is 1.04 bits per heavy atom. The van der Waals surface area contributed by atoms with Crippen LogP contribution < -0.4 is 4.74 Å². The maximum Gasteiger partial charge on any atom is 0.338 e. The van der Waals surface area contributed by atoms with E-state index in [2.05, 4.69) is 30.6 Å². The first kappa shape index (κ1) is 17.9. The summed E-state index contributed by atoms with van der Waals surface area (Å²) in [6.45, 7) is 4.39. The molecular weight excluding hydrogens is 326 g/mol. The summed E-state index contributed by atoms with van der Waals surface area (Å²) >= 11 is 0. The molecule has 2 aromatic rings. The average molecular weight is 350 g/mol. The summed E-state index contributed by atoms with van der Waals surface area (Å²) in [5, 5.41) is 0. The highest BCUT2D eigenvalue weighted by atomic mass is 16.5. The second kappa shape index (κ2) is 6.79. The Morgan fingerprint density at radius 2 is 1.73 bits per heavy atom. The van der Waals surface area contributed by atoms with E-state index in [1.165, 1.54) is 18.4 Å². The summed E-state index contributed by atoms with van der Waals surface area (Å²) < 4.78 is 12.2. The molecule has 0 aliphatic carbocycles. The lowest BCUT2D eigenvalue weighted by Crippen LogP contribution is -2.26. The first-order valence-electron chi connectivity index (χ1n) is 8.54. The zero-order chi connectivity index (χ0) is 18.9. The minimum Gasteiger partial charge on any atom is -0.497 e. The van der Waals surface area contributed by atoms with Crippen molar-refractivity contribution in [1.29, 1.82) is 0 Å². The van der Waals surface area contributed by atoms with Crippen LogP contribution in [0.1, 0.15) is 35.3 Å². The molecule has 0 saturated carbocycles. The zero-order valence-electron chi connectivity index (χ0n) is 15.9. The lowest BCUT2D eigenvalue weighted by atomic mass is 9.81. The number of benzene rings is 2. The quantitative estimate of drug-likeness (QED) is 0.613. The highest BCUT2D eigenvalue weighted by Crippen LogP contribution is 2.40. The molecule has 3 rings (SSSR count). The van der Waals surface area contributed by atoms with Crippen LogP contribution in [0.5, 0.6) is 5.75 Å². The number of hydrogen-bond acceptors (Lipinski definition) is 3. The fourth-order valence-corrected chi connectivity index (χ4v) is 3.48. The Hall–Kier alpha value is -2.88. The summed E-state index contributed by atoms with van der Waals surface area (Å²) in [5.41, 5.74) is 4.92. The summed E-state index contributed by atoms with van der Waals surface area (Å²) in [7, 11) is 5.09. The summed E-state index contributed by atoms with van der Waals surface area (Å²) in [6, 6.07) is 13.7. The van der Waals surface area contributed by atoms with Crippen molar-refractivity contribution in [1.82, 2.24) is 0 Å². The second-order valence-electron chi connectivity index (χ2n) is 6.90. The predicted molar refractivity (Wildman–Crippen MR) is 104 cm³/mol. The van der Waals surface area contributed by atoms with Gasteiger partial charge in [-0.1, -0.05) is 18.2 Å². The van der Waals surface area contributed by atoms with E-state index in [0.29, 0.717) is 5.56 Å². The number of rotatable bonds is 4. The fraction of sp³-hybridized carbons (Fsp3) is 0.273. The number of carbonyl (C=O) groups is 1. The largest absolute Gasteiger partial charge is 0.497 e. The van der Waals surface area contributed by atoms with Crippen molar-refractivity contribution >= 4 is 23.4 Å². The number of esters is 1. The zero-order valence-corrected chi connectivity index (χ0v) is 15.9. The highest BCUT2D eigenvalue weighted by molar-refractivity contribution is 6.05. The second-order valence-corrected chi connectivity index (χ2v) is 6.90.